The molecule has 0 unspecified atom stereocenters. The van der Waals surface area contributed by atoms with Crippen LogP contribution in [0.25, 0.3) is 0 Å². The first-order valence-corrected chi connectivity index (χ1v) is 5.98. The Morgan fingerprint density at radius 2 is 1.82 bits per heavy atom. The van der Waals surface area contributed by atoms with Crippen LogP contribution in [0.2, 0.25) is 0 Å². The summed E-state index contributed by atoms with van der Waals surface area (Å²) < 4.78 is 0. The molecule has 0 heterocycles. The second kappa shape index (κ2) is 6.78. The van der Waals surface area contributed by atoms with Gasteiger partial charge in [0.15, 0.2) is 0 Å². The van der Waals surface area contributed by atoms with Gasteiger partial charge in [0.25, 0.3) is 0 Å². The number of amides is 2. The van der Waals surface area contributed by atoms with Gasteiger partial charge in [0.05, 0.1) is 0 Å². The number of benzene rings is 1. The second-order valence-electron chi connectivity index (χ2n) is 3.82. The Labute approximate surface area is 102 Å². The molecule has 17 heavy (non-hydrogen) atoms. The van der Waals surface area contributed by atoms with Crippen LogP contribution in [0.4, 0.5) is 4.79 Å². The summed E-state index contributed by atoms with van der Waals surface area (Å²) in [6, 6.07) is 7.01. The molecular weight excluding hydrogens is 216 g/mol. The molecule has 4 heteroatoms. The number of carbonyl (C=O) groups is 1. The van der Waals surface area contributed by atoms with E-state index in [4.69, 9.17) is 5.11 Å². The number of aromatic hydroxyl groups is 1. The summed E-state index contributed by atoms with van der Waals surface area (Å²) in [6.45, 7) is 5.98. The van der Waals surface area contributed by atoms with Crippen molar-refractivity contribution < 1.29 is 9.90 Å². The monoisotopic (exact) mass is 236 g/mol. The molecule has 2 amide bonds. The average molecular weight is 236 g/mol. The predicted octanol–water partition coefficient (Wildman–Crippen LogP) is 1.99. The van der Waals surface area contributed by atoms with Gasteiger partial charge >= 0.3 is 6.03 Å². The van der Waals surface area contributed by atoms with Gasteiger partial charge in [-0.1, -0.05) is 12.1 Å². The minimum atomic E-state index is -0.0196. The molecule has 1 aromatic carbocycles. The number of urea groups is 1. The molecule has 94 valence electrons. The van der Waals surface area contributed by atoms with Crippen molar-refractivity contribution in [2.75, 3.05) is 19.6 Å². The lowest BCUT2D eigenvalue weighted by Gasteiger charge is -2.19. The number of hydrogen-bond donors (Lipinski definition) is 2. The van der Waals surface area contributed by atoms with Crippen LogP contribution in [0.1, 0.15) is 19.4 Å². The third-order valence-corrected chi connectivity index (χ3v) is 2.68. The van der Waals surface area contributed by atoms with Crippen molar-refractivity contribution in [3.05, 3.63) is 29.8 Å². The smallest absolute Gasteiger partial charge is 0.317 e. The van der Waals surface area contributed by atoms with E-state index in [9.17, 15) is 4.79 Å². The Kier molecular flexibility index (Phi) is 5.33. The van der Waals surface area contributed by atoms with E-state index in [0.717, 1.165) is 25.1 Å². The van der Waals surface area contributed by atoms with Gasteiger partial charge in [0.1, 0.15) is 5.75 Å². The largest absolute Gasteiger partial charge is 0.508 e. The summed E-state index contributed by atoms with van der Waals surface area (Å²) >= 11 is 0. The van der Waals surface area contributed by atoms with Gasteiger partial charge < -0.3 is 15.3 Å². The van der Waals surface area contributed by atoms with Crippen LogP contribution in [-0.2, 0) is 6.42 Å². The number of rotatable bonds is 5. The summed E-state index contributed by atoms with van der Waals surface area (Å²) in [6.07, 6.45) is 0.771. The third-order valence-electron chi connectivity index (χ3n) is 2.68. The number of carbonyl (C=O) groups excluding carboxylic acids is 1. The highest BCUT2D eigenvalue weighted by Gasteiger charge is 2.07. The first-order chi connectivity index (χ1) is 8.17. The first-order valence-electron chi connectivity index (χ1n) is 5.98. The molecule has 0 spiro atoms. The van der Waals surface area contributed by atoms with E-state index in [0.29, 0.717) is 6.54 Å². The van der Waals surface area contributed by atoms with Gasteiger partial charge in [-0.15, -0.1) is 0 Å². The number of phenols is 1. The molecule has 0 atom stereocenters. The maximum Gasteiger partial charge on any atom is 0.317 e. The van der Waals surface area contributed by atoms with Crippen LogP contribution in [0.5, 0.6) is 5.75 Å². The van der Waals surface area contributed by atoms with Crippen molar-refractivity contribution in [1.82, 2.24) is 10.2 Å². The molecule has 1 aromatic rings. The molecule has 0 aliphatic heterocycles. The fourth-order valence-electron chi connectivity index (χ4n) is 1.60. The Balaban J connectivity index is 2.32. The van der Waals surface area contributed by atoms with Gasteiger partial charge in [-0.25, -0.2) is 4.79 Å². The standard InChI is InChI=1S/C13H20N2O2/c1-3-15(4-2)13(17)14-10-9-11-5-7-12(16)8-6-11/h5-8,16H,3-4,9-10H2,1-2H3,(H,14,17). The van der Waals surface area contributed by atoms with E-state index in [-0.39, 0.29) is 11.8 Å². The summed E-state index contributed by atoms with van der Waals surface area (Å²) in [5, 5.41) is 12.0. The predicted molar refractivity (Wildman–Crippen MR) is 68.1 cm³/mol. The molecule has 0 saturated heterocycles. The van der Waals surface area contributed by atoms with E-state index in [1.54, 1.807) is 17.0 Å². The fraction of sp³-hybridized carbons (Fsp3) is 0.462. The zero-order chi connectivity index (χ0) is 12.7. The Bertz CT molecular complexity index is 345. The number of nitrogens with zero attached hydrogens (tertiary/aromatic N) is 1. The summed E-state index contributed by atoms with van der Waals surface area (Å²) in [5.74, 6) is 0.265. The van der Waals surface area contributed by atoms with E-state index >= 15 is 0 Å². The summed E-state index contributed by atoms with van der Waals surface area (Å²) in [5.41, 5.74) is 1.10. The highest BCUT2D eigenvalue weighted by Crippen LogP contribution is 2.09. The lowest BCUT2D eigenvalue weighted by atomic mass is 10.1. The minimum Gasteiger partial charge on any atom is -0.508 e. The molecule has 2 N–H and O–H groups in total. The summed E-state index contributed by atoms with van der Waals surface area (Å²) in [4.78, 5) is 13.4. The normalized spacial score (nSPS) is 10.0. The van der Waals surface area contributed by atoms with Crippen LogP contribution < -0.4 is 5.32 Å². The van der Waals surface area contributed by atoms with Gasteiger partial charge in [0, 0.05) is 19.6 Å². The van der Waals surface area contributed by atoms with Crippen molar-refractivity contribution in [1.29, 1.82) is 0 Å². The van der Waals surface area contributed by atoms with Gasteiger partial charge in [0.2, 0.25) is 0 Å². The van der Waals surface area contributed by atoms with Gasteiger partial charge in [-0.05, 0) is 38.0 Å². The van der Waals surface area contributed by atoms with Crippen LogP contribution in [0.3, 0.4) is 0 Å². The topological polar surface area (TPSA) is 52.6 Å². The zero-order valence-corrected chi connectivity index (χ0v) is 10.4. The molecule has 1 rings (SSSR count). The zero-order valence-electron chi connectivity index (χ0n) is 10.4. The Hall–Kier alpha value is -1.71. The minimum absolute atomic E-state index is 0.0196. The van der Waals surface area contributed by atoms with E-state index < -0.39 is 0 Å². The molecule has 0 aliphatic carbocycles. The lowest BCUT2D eigenvalue weighted by Crippen LogP contribution is -2.40. The number of nitrogens with one attached hydrogen (secondary N) is 1. The quantitative estimate of drug-likeness (QED) is 0.821. The molecule has 0 radical (unpaired) electrons. The van der Waals surface area contributed by atoms with Crippen LogP contribution in [-0.4, -0.2) is 35.7 Å². The van der Waals surface area contributed by atoms with Crippen LogP contribution >= 0.6 is 0 Å². The molecule has 0 fully saturated rings. The molecule has 4 nitrogen and oxygen atoms in total. The molecule has 0 saturated carbocycles. The average Bonchev–Trinajstić information content (AvgIpc) is 2.33. The van der Waals surface area contributed by atoms with Crippen molar-refractivity contribution in [2.45, 2.75) is 20.3 Å². The molecule has 0 aromatic heterocycles. The highest BCUT2D eigenvalue weighted by atomic mass is 16.3. The molecule has 0 aliphatic rings. The second-order valence-corrected chi connectivity index (χ2v) is 3.82. The number of hydrogen-bond acceptors (Lipinski definition) is 2. The maximum atomic E-state index is 11.6. The van der Waals surface area contributed by atoms with Crippen molar-refractivity contribution in [3.8, 4) is 5.75 Å². The number of phenolic OH excluding ortho intramolecular Hbond substituents is 1. The molecule has 0 bridgehead atoms. The fourth-order valence-corrected chi connectivity index (χ4v) is 1.60. The van der Waals surface area contributed by atoms with Gasteiger partial charge in [-0.2, -0.15) is 0 Å². The van der Waals surface area contributed by atoms with E-state index in [1.807, 2.05) is 26.0 Å². The lowest BCUT2D eigenvalue weighted by molar-refractivity contribution is 0.203. The Morgan fingerprint density at radius 3 is 2.35 bits per heavy atom. The van der Waals surface area contributed by atoms with Crippen molar-refractivity contribution in [3.63, 3.8) is 0 Å². The summed E-state index contributed by atoms with van der Waals surface area (Å²) in [7, 11) is 0. The van der Waals surface area contributed by atoms with Crippen molar-refractivity contribution >= 4 is 6.03 Å². The third kappa shape index (κ3) is 4.34. The van der Waals surface area contributed by atoms with Crippen LogP contribution in [0.15, 0.2) is 24.3 Å². The maximum absolute atomic E-state index is 11.6. The SMILES string of the molecule is CCN(CC)C(=O)NCCc1ccc(O)cc1. The highest BCUT2D eigenvalue weighted by molar-refractivity contribution is 5.74. The van der Waals surface area contributed by atoms with Gasteiger partial charge in [-0.3, -0.25) is 0 Å². The van der Waals surface area contributed by atoms with Crippen LogP contribution in [0, 0.1) is 0 Å². The Morgan fingerprint density at radius 1 is 1.24 bits per heavy atom. The molecular formula is C13H20N2O2. The first kappa shape index (κ1) is 13.4. The van der Waals surface area contributed by atoms with E-state index in [1.165, 1.54) is 0 Å². The van der Waals surface area contributed by atoms with Crippen molar-refractivity contribution in [2.24, 2.45) is 0 Å². The van der Waals surface area contributed by atoms with E-state index in [2.05, 4.69) is 5.32 Å².